The van der Waals surface area contributed by atoms with Gasteiger partial charge in [0.1, 0.15) is 12.4 Å². The molecule has 1 N–H and O–H groups in total. The van der Waals surface area contributed by atoms with E-state index in [1.54, 1.807) is 43.3 Å². The number of hydrogen-bond donors (Lipinski definition) is 1. The van der Waals surface area contributed by atoms with Crippen LogP contribution in [0, 0.1) is 6.92 Å². The zero-order chi connectivity index (χ0) is 22.6. The Morgan fingerprint density at radius 1 is 1.03 bits per heavy atom. The van der Waals surface area contributed by atoms with Crippen molar-refractivity contribution in [1.29, 1.82) is 0 Å². The van der Waals surface area contributed by atoms with Gasteiger partial charge in [0.05, 0.1) is 10.5 Å². The zero-order valence-electron chi connectivity index (χ0n) is 17.4. The minimum atomic E-state index is -3.62. The monoisotopic (exact) mass is 458 g/mol. The first-order valence-electron chi connectivity index (χ1n) is 9.50. The molecule has 0 atom stereocenters. The number of nitrogens with one attached hydrogen (secondary N) is 1. The van der Waals surface area contributed by atoms with Crippen LogP contribution >= 0.6 is 11.6 Å². The van der Waals surface area contributed by atoms with Crippen molar-refractivity contribution in [3.63, 3.8) is 0 Å². The van der Waals surface area contributed by atoms with Crippen molar-refractivity contribution in [2.45, 2.75) is 18.4 Å². The number of anilines is 1. The smallest absolute Gasteiger partial charge is 0.259 e. The molecule has 3 rings (SSSR count). The molecular weight excluding hydrogens is 436 g/mol. The van der Waals surface area contributed by atoms with Crippen LogP contribution < -0.4 is 10.1 Å². The van der Waals surface area contributed by atoms with Gasteiger partial charge in [0.25, 0.3) is 5.91 Å². The molecule has 0 heterocycles. The Balaban J connectivity index is 1.84. The van der Waals surface area contributed by atoms with E-state index in [1.807, 2.05) is 18.2 Å². The predicted molar refractivity (Wildman–Crippen MR) is 122 cm³/mol. The van der Waals surface area contributed by atoms with E-state index >= 15 is 0 Å². The maximum atomic E-state index is 13.0. The number of halogens is 1. The number of aryl methyl sites for hydroxylation is 1. The van der Waals surface area contributed by atoms with Crippen LogP contribution in [-0.2, 0) is 16.6 Å². The number of carbonyl (C=O) groups excluding carboxylic acids is 1. The quantitative estimate of drug-likeness (QED) is 0.555. The van der Waals surface area contributed by atoms with Crippen molar-refractivity contribution < 1.29 is 17.9 Å². The third-order valence-corrected chi connectivity index (χ3v) is 6.89. The van der Waals surface area contributed by atoms with Gasteiger partial charge in [-0.2, -0.15) is 0 Å². The molecule has 0 fully saturated rings. The topological polar surface area (TPSA) is 75.7 Å². The van der Waals surface area contributed by atoms with Crippen LogP contribution in [0.3, 0.4) is 0 Å². The SMILES string of the molecule is Cc1ccc(S(=O)(=O)N(C)C)cc1NC(=O)c1ccccc1OCc1ccccc1Cl. The molecule has 0 unspecified atom stereocenters. The normalized spacial score (nSPS) is 11.4. The highest BCUT2D eigenvalue weighted by molar-refractivity contribution is 7.89. The Labute approximate surface area is 187 Å². The number of amides is 1. The van der Waals surface area contributed by atoms with Gasteiger partial charge in [-0.1, -0.05) is 48.0 Å². The second kappa shape index (κ2) is 9.51. The van der Waals surface area contributed by atoms with Gasteiger partial charge < -0.3 is 10.1 Å². The molecule has 0 radical (unpaired) electrons. The highest BCUT2D eigenvalue weighted by Crippen LogP contribution is 2.26. The molecule has 31 heavy (non-hydrogen) atoms. The van der Waals surface area contributed by atoms with E-state index < -0.39 is 15.9 Å². The van der Waals surface area contributed by atoms with Gasteiger partial charge in [-0.25, -0.2) is 12.7 Å². The summed E-state index contributed by atoms with van der Waals surface area (Å²) in [7, 11) is -0.707. The molecule has 0 aromatic heterocycles. The summed E-state index contributed by atoms with van der Waals surface area (Å²) in [5.41, 5.74) is 2.28. The van der Waals surface area contributed by atoms with Crippen LogP contribution in [0.2, 0.25) is 5.02 Å². The summed E-state index contributed by atoms with van der Waals surface area (Å²) < 4.78 is 31.9. The minimum Gasteiger partial charge on any atom is -0.488 e. The van der Waals surface area contributed by atoms with Gasteiger partial charge in [-0.05, 0) is 42.8 Å². The molecular formula is C23H23ClN2O4S. The average Bonchev–Trinajstić information content (AvgIpc) is 2.74. The molecule has 0 bridgehead atoms. The van der Waals surface area contributed by atoms with Gasteiger partial charge in [0.2, 0.25) is 10.0 Å². The Hall–Kier alpha value is -2.87. The van der Waals surface area contributed by atoms with Gasteiger partial charge in [0.15, 0.2) is 0 Å². The van der Waals surface area contributed by atoms with Crippen molar-refractivity contribution in [3.8, 4) is 5.75 Å². The molecule has 1 amide bonds. The van der Waals surface area contributed by atoms with Gasteiger partial charge in [-0.15, -0.1) is 0 Å². The maximum absolute atomic E-state index is 13.0. The lowest BCUT2D eigenvalue weighted by Crippen LogP contribution is -2.22. The summed E-state index contributed by atoms with van der Waals surface area (Å²) in [5.74, 6) is -0.00750. The Bertz CT molecular complexity index is 1210. The van der Waals surface area contributed by atoms with Crippen molar-refractivity contribution in [2.24, 2.45) is 0 Å². The molecule has 8 heteroatoms. The molecule has 6 nitrogen and oxygen atoms in total. The van der Waals surface area contributed by atoms with Crippen molar-refractivity contribution in [2.75, 3.05) is 19.4 Å². The molecule has 3 aromatic carbocycles. The second-order valence-corrected chi connectivity index (χ2v) is 9.65. The van der Waals surface area contributed by atoms with Gasteiger partial charge >= 0.3 is 0 Å². The summed E-state index contributed by atoms with van der Waals surface area (Å²) in [5, 5.41) is 3.38. The van der Waals surface area contributed by atoms with Gasteiger partial charge in [0, 0.05) is 30.4 Å². The third kappa shape index (κ3) is 5.25. The first-order valence-corrected chi connectivity index (χ1v) is 11.3. The van der Waals surface area contributed by atoms with E-state index in [2.05, 4.69) is 5.32 Å². The largest absolute Gasteiger partial charge is 0.488 e. The fourth-order valence-electron chi connectivity index (χ4n) is 2.85. The molecule has 0 aliphatic carbocycles. The number of carbonyl (C=O) groups is 1. The number of hydrogen-bond acceptors (Lipinski definition) is 4. The molecule has 0 saturated heterocycles. The summed E-state index contributed by atoms with van der Waals surface area (Å²) in [6, 6.07) is 18.8. The first-order chi connectivity index (χ1) is 14.7. The zero-order valence-corrected chi connectivity index (χ0v) is 19.0. The maximum Gasteiger partial charge on any atom is 0.259 e. The fraction of sp³-hybridized carbons (Fsp3) is 0.174. The second-order valence-electron chi connectivity index (χ2n) is 7.09. The molecule has 3 aromatic rings. The van der Waals surface area contributed by atoms with Crippen LogP contribution in [-0.4, -0.2) is 32.7 Å². The van der Waals surface area contributed by atoms with E-state index in [-0.39, 0.29) is 11.5 Å². The van der Waals surface area contributed by atoms with Crippen LogP contribution in [0.4, 0.5) is 5.69 Å². The summed E-state index contributed by atoms with van der Waals surface area (Å²) in [4.78, 5) is 13.1. The molecule has 0 aliphatic rings. The lowest BCUT2D eigenvalue weighted by molar-refractivity contribution is 0.102. The van der Waals surface area contributed by atoms with Crippen LogP contribution in [0.1, 0.15) is 21.5 Å². The average molecular weight is 459 g/mol. The molecule has 0 spiro atoms. The van der Waals surface area contributed by atoms with Gasteiger partial charge in [-0.3, -0.25) is 4.79 Å². The Morgan fingerprint density at radius 3 is 2.42 bits per heavy atom. The van der Waals surface area contributed by atoms with Crippen molar-refractivity contribution in [1.82, 2.24) is 4.31 Å². The predicted octanol–water partition coefficient (Wildman–Crippen LogP) is 4.73. The molecule has 162 valence electrons. The van der Waals surface area contributed by atoms with Crippen molar-refractivity contribution in [3.05, 3.63) is 88.4 Å². The Kier molecular flexibility index (Phi) is 7.00. The number of nitrogens with zero attached hydrogens (tertiary/aromatic N) is 1. The minimum absolute atomic E-state index is 0.0988. The number of ether oxygens (including phenoxy) is 1. The van der Waals surface area contributed by atoms with Crippen molar-refractivity contribution >= 4 is 33.2 Å². The number of sulfonamides is 1. The van der Waals surface area contributed by atoms with E-state index in [0.717, 1.165) is 15.4 Å². The summed E-state index contributed by atoms with van der Waals surface area (Å²) >= 11 is 6.18. The lowest BCUT2D eigenvalue weighted by Gasteiger charge is -2.16. The standard InChI is InChI=1S/C23H23ClN2O4S/c1-16-12-13-18(31(28,29)26(2)3)14-21(16)25-23(27)19-9-5-7-11-22(19)30-15-17-8-4-6-10-20(17)24/h4-14H,15H2,1-3H3,(H,25,27). The van der Waals surface area contributed by atoms with E-state index in [4.69, 9.17) is 16.3 Å². The summed E-state index contributed by atoms with van der Waals surface area (Å²) in [6.07, 6.45) is 0. The highest BCUT2D eigenvalue weighted by atomic mass is 35.5. The Morgan fingerprint density at radius 2 is 1.71 bits per heavy atom. The van der Waals surface area contributed by atoms with Crippen LogP contribution in [0.25, 0.3) is 0 Å². The molecule has 0 aliphatic heterocycles. The molecule has 0 saturated carbocycles. The number of rotatable bonds is 7. The number of para-hydroxylation sites is 1. The lowest BCUT2D eigenvalue weighted by atomic mass is 10.1. The number of benzene rings is 3. The summed E-state index contributed by atoms with van der Waals surface area (Å²) in [6.45, 7) is 2.00. The van der Waals surface area contributed by atoms with E-state index in [0.29, 0.717) is 22.0 Å². The van der Waals surface area contributed by atoms with Crippen LogP contribution in [0.15, 0.2) is 71.6 Å². The van der Waals surface area contributed by atoms with E-state index in [9.17, 15) is 13.2 Å². The first kappa shape index (κ1) is 22.8. The fourth-order valence-corrected chi connectivity index (χ4v) is 3.97. The van der Waals surface area contributed by atoms with E-state index in [1.165, 1.54) is 26.2 Å². The highest BCUT2D eigenvalue weighted by Gasteiger charge is 2.20. The van der Waals surface area contributed by atoms with Crippen LogP contribution in [0.5, 0.6) is 5.75 Å². The third-order valence-electron chi connectivity index (χ3n) is 4.71.